The van der Waals surface area contributed by atoms with Gasteiger partial charge in [-0.15, -0.1) is 0 Å². The first kappa shape index (κ1) is 20.6. The molecule has 0 aromatic heterocycles. The van der Waals surface area contributed by atoms with Crippen LogP contribution < -0.4 is 10.4 Å². The summed E-state index contributed by atoms with van der Waals surface area (Å²) in [4.78, 5) is 0. The van der Waals surface area contributed by atoms with Gasteiger partial charge in [0.25, 0.3) is 8.32 Å². The van der Waals surface area contributed by atoms with Gasteiger partial charge in [0, 0.05) is 0 Å². The lowest BCUT2D eigenvalue weighted by atomic mass is 9.78. The van der Waals surface area contributed by atoms with E-state index in [9.17, 15) is 0 Å². The van der Waals surface area contributed by atoms with Crippen molar-refractivity contribution in [3.63, 3.8) is 0 Å². The number of hydrogen-bond acceptors (Lipinski definition) is 2. The lowest BCUT2D eigenvalue weighted by Gasteiger charge is -2.47. The number of epoxide rings is 1. The van der Waals surface area contributed by atoms with Crippen LogP contribution in [0.15, 0.2) is 72.8 Å². The zero-order valence-electron chi connectivity index (χ0n) is 18.4. The Morgan fingerprint density at radius 3 is 1.97 bits per heavy atom. The molecule has 2 aromatic carbocycles. The first-order valence-corrected chi connectivity index (χ1v) is 12.7. The third-order valence-corrected chi connectivity index (χ3v) is 12.1. The minimum Gasteiger partial charge on any atom is -0.401 e. The fourth-order valence-electron chi connectivity index (χ4n) is 5.16. The van der Waals surface area contributed by atoms with E-state index in [-0.39, 0.29) is 16.7 Å². The van der Waals surface area contributed by atoms with Crippen LogP contribution >= 0.6 is 0 Å². The zero-order valence-corrected chi connectivity index (χ0v) is 19.4. The van der Waals surface area contributed by atoms with E-state index >= 15 is 0 Å². The minimum atomic E-state index is -2.57. The van der Waals surface area contributed by atoms with Crippen molar-refractivity contribution in [2.24, 2.45) is 5.92 Å². The number of rotatable bonds is 5. The van der Waals surface area contributed by atoms with Crippen molar-refractivity contribution in [3.05, 3.63) is 72.8 Å². The molecule has 1 aliphatic carbocycles. The van der Waals surface area contributed by atoms with Gasteiger partial charge in [-0.25, -0.2) is 0 Å². The molecule has 29 heavy (non-hydrogen) atoms. The van der Waals surface area contributed by atoms with Gasteiger partial charge in [-0.1, -0.05) is 93.6 Å². The molecule has 4 atom stereocenters. The number of hydrogen-bond donors (Lipinski definition) is 0. The van der Waals surface area contributed by atoms with Crippen LogP contribution in [-0.2, 0) is 9.16 Å². The quantitative estimate of drug-likeness (QED) is 0.393. The van der Waals surface area contributed by atoms with Crippen LogP contribution in [0.1, 0.15) is 47.5 Å². The summed E-state index contributed by atoms with van der Waals surface area (Å²) >= 11 is 0. The molecule has 2 fully saturated rings. The molecule has 2 nitrogen and oxygen atoms in total. The second kappa shape index (κ2) is 7.23. The summed E-state index contributed by atoms with van der Waals surface area (Å²) < 4.78 is 13.7. The number of fused-ring (bicyclic) bond motifs is 1. The molecule has 0 amide bonds. The molecule has 3 heteroatoms. The fraction of sp³-hybridized carbons (Fsp3) is 0.462. The van der Waals surface area contributed by atoms with E-state index in [0.717, 1.165) is 12.8 Å². The molecule has 0 N–H and O–H groups in total. The Morgan fingerprint density at radius 1 is 1.00 bits per heavy atom. The topological polar surface area (TPSA) is 21.8 Å². The highest BCUT2D eigenvalue weighted by Gasteiger charge is 2.64. The summed E-state index contributed by atoms with van der Waals surface area (Å²) in [5, 5.41) is 2.64. The molecular formula is C26H34O2Si. The van der Waals surface area contributed by atoms with Crippen molar-refractivity contribution in [1.82, 2.24) is 0 Å². The van der Waals surface area contributed by atoms with Gasteiger partial charge in [-0.05, 0) is 48.0 Å². The van der Waals surface area contributed by atoms with E-state index in [1.54, 1.807) is 0 Å². The maximum Gasteiger partial charge on any atom is 0.261 e. The van der Waals surface area contributed by atoms with Gasteiger partial charge >= 0.3 is 0 Å². The summed E-state index contributed by atoms with van der Waals surface area (Å²) in [6, 6.07) is 21.8. The maximum atomic E-state index is 7.43. The highest BCUT2D eigenvalue weighted by atomic mass is 28.4. The van der Waals surface area contributed by atoms with Crippen LogP contribution in [0.3, 0.4) is 0 Å². The Hall–Kier alpha value is -1.68. The Kier molecular flexibility index (Phi) is 5.13. The van der Waals surface area contributed by atoms with E-state index in [4.69, 9.17) is 9.16 Å². The van der Waals surface area contributed by atoms with Gasteiger partial charge in [0.1, 0.15) is 5.60 Å². The third kappa shape index (κ3) is 3.43. The highest BCUT2D eigenvalue weighted by molar-refractivity contribution is 6.99. The van der Waals surface area contributed by atoms with Gasteiger partial charge in [0.2, 0.25) is 0 Å². The van der Waals surface area contributed by atoms with Gasteiger partial charge in [0.05, 0.1) is 12.2 Å². The van der Waals surface area contributed by atoms with Gasteiger partial charge < -0.3 is 9.16 Å². The predicted octanol–water partition coefficient (Wildman–Crippen LogP) is 5.08. The third-order valence-electron chi connectivity index (χ3n) is 7.05. The van der Waals surface area contributed by atoms with Crippen LogP contribution in [0.2, 0.25) is 5.04 Å². The molecule has 2 aliphatic rings. The Morgan fingerprint density at radius 2 is 1.52 bits per heavy atom. The van der Waals surface area contributed by atoms with Crippen molar-refractivity contribution in [2.75, 3.05) is 0 Å². The van der Waals surface area contributed by atoms with E-state index in [0.29, 0.717) is 12.0 Å². The molecular weight excluding hydrogens is 372 g/mol. The van der Waals surface area contributed by atoms with E-state index < -0.39 is 8.32 Å². The van der Waals surface area contributed by atoms with Crippen molar-refractivity contribution in [1.29, 1.82) is 0 Å². The fourth-order valence-corrected chi connectivity index (χ4v) is 9.93. The minimum absolute atomic E-state index is 0.0212. The summed E-state index contributed by atoms with van der Waals surface area (Å²) in [6.07, 6.45) is 2.44. The van der Waals surface area contributed by atoms with Crippen molar-refractivity contribution in [2.45, 2.75) is 70.3 Å². The first-order valence-electron chi connectivity index (χ1n) is 10.8. The van der Waals surface area contributed by atoms with Crippen LogP contribution in [0.4, 0.5) is 0 Å². The van der Waals surface area contributed by atoms with Gasteiger partial charge in [0.15, 0.2) is 0 Å². The largest absolute Gasteiger partial charge is 0.401 e. The van der Waals surface area contributed by atoms with E-state index in [2.05, 4.69) is 102 Å². The Balaban J connectivity index is 1.84. The SMILES string of the molecule is C=C(C)[C@H]1C[C@H]2O[C@]2(C)[C@H](O[Si](c2ccccc2)(c2ccccc2)C(C)(C)C)C1. The lowest BCUT2D eigenvalue weighted by Crippen LogP contribution is -2.69. The van der Waals surface area contributed by atoms with Crippen LogP contribution in [0.5, 0.6) is 0 Å². The number of ether oxygens (including phenoxy) is 1. The zero-order chi connectivity index (χ0) is 20.9. The predicted molar refractivity (Wildman–Crippen MR) is 123 cm³/mol. The normalized spacial score (nSPS) is 29.2. The number of benzene rings is 2. The molecule has 1 heterocycles. The molecule has 1 saturated heterocycles. The van der Waals surface area contributed by atoms with Crippen LogP contribution in [-0.4, -0.2) is 26.1 Å². The summed E-state index contributed by atoms with van der Waals surface area (Å²) in [5.41, 5.74) is 1.08. The van der Waals surface area contributed by atoms with Gasteiger partial charge in [-0.3, -0.25) is 0 Å². The average Bonchev–Trinajstić information content (AvgIpc) is 3.37. The Labute approximate surface area is 177 Å². The molecule has 0 spiro atoms. The molecule has 154 valence electrons. The average molecular weight is 407 g/mol. The van der Waals surface area contributed by atoms with Crippen molar-refractivity contribution < 1.29 is 9.16 Å². The smallest absolute Gasteiger partial charge is 0.261 e. The number of allylic oxidation sites excluding steroid dienone is 1. The summed E-state index contributed by atoms with van der Waals surface area (Å²) in [5.74, 6) is 0.471. The van der Waals surface area contributed by atoms with Crippen LogP contribution in [0.25, 0.3) is 0 Å². The van der Waals surface area contributed by atoms with Crippen molar-refractivity contribution >= 4 is 18.7 Å². The molecule has 2 aromatic rings. The molecule has 1 saturated carbocycles. The molecule has 1 aliphatic heterocycles. The highest BCUT2D eigenvalue weighted by Crippen LogP contribution is 2.53. The van der Waals surface area contributed by atoms with Crippen molar-refractivity contribution in [3.8, 4) is 0 Å². The second-order valence-corrected chi connectivity index (χ2v) is 14.3. The first-order chi connectivity index (χ1) is 13.7. The molecule has 0 radical (unpaired) electrons. The Bertz CT molecular complexity index is 831. The monoisotopic (exact) mass is 406 g/mol. The van der Waals surface area contributed by atoms with Gasteiger partial charge in [-0.2, -0.15) is 0 Å². The summed E-state index contributed by atoms with van der Waals surface area (Å²) in [6.45, 7) is 15.7. The van der Waals surface area contributed by atoms with E-state index in [1.807, 2.05) is 0 Å². The van der Waals surface area contributed by atoms with E-state index in [1.165, 1.54) is 15.9 Å². The maximum absolute atomic E-state index is 7.43. The lowest BCUT2D eigenvalue weighted by molar-refractivity contribution is 0.0770. The molecule has 4 rings (SSSR count). The standard InChI is InChI=1S/C26H34O2Si/c1-19(2)20-17-23-26(6,27-23)24(18-20)28-29(25(3,4)5,21-13-9-7-10-14-21)22-15-11-8-12-16-22/h7-16,20,23-24H,1,17-18H2,2-6H3/t20-,23+,24+,26-/m0/s1. The molecule has 0 unspecified atom stereocenters. The second-order valence-electron chi connectivity index (χ2n) is 10.1. The summed E-state index contributed by atoms with van der Waals surface area (Å²) in [7, 11) is -2.57. The molecule has 0 bridgehead atoms. The van der Waals surface area contributed by atoms with Crippen LogP contribution in [0, 0.1) is 5.92 Å².